The molecule has 2 amide bonds. The van der Waals surface area contributed by atoms with Gasteiger partial charge in [0.2, 0.25) is 11.8 Å². The van der Waals surface area contributed by atoms with E-state index in [1.807, 2.05) is 30.3 Å². The van der Waals surface area contributed by atoms with Gasteiger partial charge in [-0.15, -0.1) is 0 Å². The highest BCUT2D eigenvalue weighted by Gasteiger charge is 2.59. The van der Waals surface area contributed by atoms with Crippen molar-refractivity contribution in [1.29, 1.82) is 0 Å². The molecule has 2 aliphatic rings. The first kappa shape index (κ1) is 35.9. The van der Waals surface area contributed by atoms with Crippen LogP contribution in [-0.4, -0.2) is 68.4 Å². The maximum Gasteiger partial charge on any atom is 0.320 e. The molecule has 0 saturated carbocycles. The quantitative estimate of drug-likeness (QED) is 0.169. The van der Waals surface area contributed by atoms with Crippen molar-refractivity contribution in [3.8, 4) is 0 Å². The summed E-state index contributed by atoms with van der Waals surface area (Å²) in [6, 6.07) is 14.8. The van der Waals surface area contributed by atoms with E-state index >= 15 is 0 Å². The highest BCUT2D eigenvalue weighted by Crippen LogP contribution is 2.51. The molecule has 1 saturated heterocycles. The first-order valence-corrected chi connectivity index (χ1v) is 16.6. The zero-order chi connectivity index (χ0) is 33.1. The van der Waals surface area contributed by atoms with Crippen molar-refractivity contribution in [3.05, 3.63) is 81.5 Å². The largest absolute Gasteiger partial charge is 0.468 e. The normalized spacial score (nSPS) is 22.6. The molecular weight excluding hydrogens is 631 g/mol. The monoisotopic (exact) mass is 674 g/mol. The molecule has 0 aliphatic carbocycles. The molecule has 250 valence electrons. The summed E-state index contributed by atoms with van der Waals surface area (Å²) in [5.74, 6) is -1.91. The molecule has 1 N–H and O–H groups in total. The van der Waals surface area contributed by atoms with Crippen molar-refractivity contribution in [2.45, 2.75) is 71.3 Å². The average Bonchev–Trinajstić information content (AvgIpc) is 3.04. The van der Waals surface area contributed by atoms with Crippen molar-refractivity contribution >= 4 is 41.0 Å². The second kappa shape index (κ2) is 17.3. The van der Waals surface area contributed by atoms with Crippen molar-refractivity contribution in [1.82, 2.24) is 10.2 Å². The van der Waals surface area contributed by atoms with E-state index in [0.717, 1.165) is 18.4 Å². The van der Waals surface area contributed by atoms with Crippen LogP contribution >= 0.6 is 23.2 Å². The van der Waals surface area contributed by atoms with Gasteiger partial charge >= 0.3 is 5.97 Å². The Morgan fingerprint density at radius 1 is 1.09 bits per heavy atom. The summed E-state index contributed by atoms with van der Waals surface area (Å²) in [5, 5.41) is 3.74. The number of hydrogen-bond acceptors (Lipinski definition) is 7. The molecule has 11 heteroatoms. The van der Waals surface area contributed by atoms with Crippen LogP contribution in [0.4, 0.5) is 0 Å². The molecule has 2 heterocycles. The minimum absolute atomic E-state index is 0.0570. The van der Waals surface area contributed by atoms with Crippen molar-refractivity contribution in [3.63, 3.8) is 0 Å². The number of likely N-dealkylation sites (tertiary alicyclic amines) is 1. The maximum absolute atomic E-state index is 14.2. The van der Waals surface area contributed by atoms with E-state index < -0.39 is 29.5 Å². The molecule has 0 bridgehead atoms. The SMILES string of the molecule is CCCCOCCCNC(=O)C[C@H]1C[C@]2(C(=O)OC)C(=C[C@@H](COCc3ccccc3)O[C@H]2C)N(Cc2ccc(Cl)cc2Cl)C1=O. The summed E-state index contributed by atoms with van der Waals surface area (Å²) in [6.45, 7) is 6.22. The smallest absolute Gasteiger partial charge is 0.320 e. The Kier molecular flexibility index (Phi) is 13.5. The Morgan fingerprint density at radius 2 is 1.85 bits per heavy atom. The van der Waals surface area contributed by atoms with Crippen LogP contribution in [0, 0.1) is 11.3 Å². The Morgan fingerprint density at radius 3 is 2.57 bits per heavy atom. The van der Waals surface area contributed by atoms with Gasteiger partial charge in [-0.25, -0.2) is 0 Å². The molecule has 2 aromatic carbocycles. The van der Waals surface area contributed by atoms with Gasteiger partial charge in [-0.2, -0.15) is 0 Å². The van der Waals surface area contributed by atoms with Crippen LogP contribution in [0.5, 0.6) is 0 Å². The van der Waals surface area contributed by atoms with Gasteiger partial charge in [0.15, 0.2) is 0 Å². The zero-order valence-electron chi connectivity index (χ0n) is 26.8. The molecule has 0 aromatic heterocycles. The lowest BCUT2D eigenvalue weighted by Gasteiger charge is -2.51. The fraction of sp³-hybridized carbons (Fsp3) is 0.514. The molecule has 4 atom stereocenters. The predicted octanol–water partition coefficient (Wildman–Crippen LogP) is 6.10. The van der Waals surface area contributed by atoms with Gasteiger partial charge in [0, 0.05) is 47.8 Å². The van der Waals surface area contributed by atoms with E-state index in [-0.39, 0.29) is 37.8 Å². The van der Waals surface area contributed by atoms with Gasteiger partial charge in [0.1, 0.15) is 11.5 Å². The molecule has 0 spiro atoms. The molecule has 4 rings (SSSR count). The molecule has 46 heavy (non-hydrogen) atoms. The minimum atomic E-state index is -1.34. The summed E-state index contributed by atoms with van der Waals surface area (Å²) in [5.41, 5.74) is 0.779. The van der Waals surface area contributed by atoms with Crippen LogP contribution in [0.15, 0.2) is 60.3 Å². The van der Waals surface area contributed by atoms with Crippen LogP contribution in [-0.2, 0) is 46.5 Å². The Hall–Kier alpha value is -2.95. The lowest BCUT2D eigenvalue weighted by molar-refractivity contribution is -0.178. The van der Waals surface area contributed by atoms with E-state index in [9.17, 15) is 14.4 Å². The summed E-state index contributed by atoms with van der Waals surface area (Å²) in [7, 11) is 1.32. The number of nitrogens with zero attached hydrogens (tertiary/aromatic N) is 1. The topological polar surface area (TPSA) is 103 Å². The molecule has 1 fully saturated rings. The lowest BCUT2D eigenvalue weighted by Crippen LogP contribution is -2.60. The van der Waals surface area contributed by atoms with E-state index in [1.54, 1.807) is 36.1 Å². The first-order chi connectivity index (χ1) is 22.2. The Labute approximate surface area is 281 Å². The molecule has 2 aliphatic heterocycles. The van der Waals surface area contributed by atoms with Gasteiger partial charge < -0.3 is 29.2 Å². The van der Waals surface area contributed by atoms with Crippen LogP contribution in [0.3, 0.4) is 0 Å². The summed E-state index contributed by atoms with van der Waals surface area (Å²) in [6.07, 6.45) is 3.23. The molecule has 9 nitrogen and oxygen atoms in total. The third-order valence-electron chi connectivity index (χ3n) is 8.50. The second-order valence-corrected chi connectivity index (χ2v) is 12.6. The standard InChI is InChI=1S/C35H44Cl2N2O7/c1-4-5-15-44-16-9-14-38-32(40)17-27-20-35(34(42)43-3)24(2)46-29(23-45-22-25-10-7-6-8-11-25)19-31(35)39(33(27)41)21-26-12-13-28(36)18-30(26)37/h6-8,10-13,18-19,24,27,29H,4-5,9,14-17,20-23H2,1-3H3,(H,38,40)/t24-,27-,29-,35+/m0/s1. The van der Waals surface area contributed by atoms with E-state index in [4.69, 9.17) is 42.1 Å². The molecular formula is C35H44Cl2N2O7. The van der Waals surface area contributed by atoms with E-state index in [0.29, 0.717) is 54.1 Å². The van der Waals surface area contributed by atoms with Crippen LogP contribution in [0.1, 0.15) is 57.1 Å². The van der Waals surface area contributed by atoms with Crippen molar-refractivity contribution in [2.24, 2.45) is 11.3 Å². The number of nitrogens with one attached hydrogen (secondary N) is 1. The fourth-order valence-corrected chi connectivity index (χ4v) is 6.52. The van der Waals surface area contributed by atoms with Crippen molar-refractivity contribution in [2.75, 3.05) is 33.5 Å². The fourth-order valence-electron chi connectivity index (χ4n) is 6.05. The Balaban J connectivity index is 1.59. The summed E-state index contributed by atoms with van der Waals surface area (Å²) in [4.78, 5) is 42.6. The first-order valence-electron chi connectivity index (χ1n) is 15.9. The molecule has 0 radical (unpaired) electrons. The second-order valence-electron chi connectivity index (χ2n) is 11.8. The number of benzene rings is 2. The van der Waals surface area contributed by atoms with Gasteiger partial charge in [0.25, 0.3) is 0 Å². The number of carbonyl (C=O) groups excluding carboxylic acids is 3. The number of fused-ring (bicyclic) bond motifs is 1. The average molecular weight is 676 g/mol. The maximum atomic E-state index is 14.2. The number of esters is 1. The summed E-state index contributed by atoms with van der Waals surface area (Å²) < 4.78 is 23.3. The molecule has 2 aromatic rings. The molecule has 0 unspecified atom stereocenters. The number of rotatable bonds is 16. The predicted molar refractivity (Wildman–Crippen MR) is 176 cm³/mol. The third kappa shape index (κ3) is 8.89. The van der Waals surface area contributed by atoms with Crippen LogP contribution < -0.4 is 5.32 Å². The number of ether oxygens (including phenoxy) is 4. The highest BCUT2D eigenvalue weighted by atomic mass is 35.5. The number of unbranched alkanes of at least 4 members (excludes halogenated alkanes) is 1. The highest BCUT2D eigenvalue weighted by molar-refractivity contribution is 6.35. The number of methoxy groups -OCH3 is 1. The summed E-state index contributed by atoms with van der Waals surface area (Å²) >= 11 is 12.7. The van der Waals surface area contributed by atoms with Crippen molar-refractivity contribution < 1.29 is 33.3 Å². The Bertz CT molecular complexity index is 1370. The van der Waals surface area contributed by atoms with Crippen LogP contribution in [0.25, 0.3) is 0 Å². The van der Waals surface area contributed by atoms with Gasteiger partial charge in [-0.3, -0.25) is 14.4 Å². The van der Waals surface area contributed by atoms with Crippen LogP contribution in [0.2, 0.25) is 10.0 Å². The number of carbonyl (C=O) groups is 3. The third-order valence-corrected chi connectivity index (χ3v) is 9.08. The lowest BCUT2D eigenvalue weighted by atomic mass is 9.66. The zero-order valence-corrected chi connectivity index (χ0v) is 28.3. The number of halogens is 2. The number of hydrogen-bond donors (Lipinski definition) is 1. The van der Waals surface area contributed by atoms with Gasteiger partial charge in [-0.05, 0) is 55.5 Å². The van der Waals surface area contributed by atoms with Gasteiger partial charge in [-0.1, -0.05) is 72.9 Å². The number of piperidine rings is 1. The van der Waals surface area contributed by atoms with E-state index in [1.165, 1.54) is 7.11 Å². The minimum Gasteiger partial charge on any atom is -0.468 e. The van der Waals surface area contributed by atoms with E-state index in [2.05, 4.69) is 12.2 Å². The van der Waals surface area contributed by atoms with Gasteiger partial charge in [0.05, 0.1) is 33.0 Å². The number of amides is 2.